The maximum atomic E-state index is 15.1. The Labute approximate surface area is 572 Å². The Bertz CT molecular complexity index is 3840. The number of carbonyl (C=O) groups is 12. The molecule has 0 saturated heterocycles. The fourth-order valence-corrected chi connectivity index (χ4v) is 11.3. The maximum absolute atomic E-state index is 15.1. The van der Waals surface area contributed by atoms with Crippen LogP contribution in [0.25, 0.3) is 21.8 Å². The third-order valence-electron chi connectivity index (χ3n) is 16.8. The molecule has 0 aliphatic carbocycles. The highest BCUT2D eigenvalue weighted by Crippen LogP contribution is 2.23. The lowest BCUT2D eigenvalue weighted by atomic mass is 10.0. The van der Waals surface area contributed by atoms with Crippen LogP contribution in [0.15, 0.2) is 109 Å². The van der Waals surface area contributed by atoms with Crippen molar-refractivity contribution in [3.8, 4) is 5.75 Å². The number of hydrogen-bond acceptors (Lipinski definition) is 14. The third kappa shape index (κ3) is 21.6. The van der Waals surface area contributed by atoms with Crippen LogP contribution in [0.4, 0.5) is 0 Å². The molecule has 0 aliphatic rings. The number of phenols is 1. The van der Waals surface area contributed by atoms with Crippen molar-refractivity contribution in [3.63, 3.8) is 0 Å². The highest BCUT2D eigenvalue weighted by molar-refractivity contribution is 6.30. The number of aromatic nitrogens is 2. The lowest BCUT2D eigenvalue weighted by molar-refractivity contribution is -0.151. The summed E-state index contributed by atoms with van der Waals surface area (Å²) in [6.07, 6.45) is 3.60. The minimum atomic E-state index is -1.78. The molecule has 28 nitrogen and oxygen atoms in total. The number of unbranched alkanes of at least 4 members (excludes halogenated alkanes) is 1. The van der Waals surface area contributed by atoms with Crippen LogP contribution < -0.4 is 32.3 Å². The Kier molecular flexibility index (Phi) is 28.3. The van der Waals surface area contributed by atoms with Crippen molar-refractivity contribution in [3.05, 3.63) is 137 Å². The summed E-state index contributed by atoms with van der Waals surface area (Å²) >= 11 is 6.34. The molecule has 0 spiro atoms. The van der Waals surface area contributed by atoms with E-state index in [1.165, 1.54) is 66.3 Å². The zero-order valence-electron chi connectivity index (χ0n) is 56.1. The van der Waals surface area contributed by atoms with Gasteiger partial charge in [-0.1, -0.05) is 99.0 Å². The second-order valence-electron chi connectivity index (χ2n) is 24.4. The molecule has 8 atom stereocenters. The summed E-state index contributed by atoms with van der Waals surface area (Å²) in [7, 11) is 5.27. The van der Waals surface area contributed by atoms with Gasteiger partial charge in [-0.3, -0.25) is 52.7 Å². The van der Waals surface area contributed by atoms with Gasteiger partial charge in [0.05, 0.1) is 32.1 Å². The summed E-state index contributed by atoms with van der Waals surface area (Å²) < 4.78 is 0. The largest absolute Gasteiger partial charge is 0.508 e. The number of halogens is 1. The molecule has 0 radical (unpaired) electrons. The van der Waals surface area contributed by atoms with Crippen molar-refractivity contribution in [2.24, 2.45) is 5.73 Å². The highest BCUT2D eigenvalue weighted by Gasteiger charge is 2.38. The number of aliphatic carboxylic acids is 2. The van der Waals surface area contributed by atoms with Gasteiger partial charge in [0.2, 0.25) is 59.1 Å². The highest BCUT2D eigenvalue weighted by atomic mass is 35.5. The Morgan fingerprint density at radius 3 is 1.61 bits per heavy atom. The molecule has 0 bridgehead atoms. The van der Waals surface area contributed by atoms with Crippen molar-refractivity contribution < 1.29 is 72.9 Å². The minimum Gasteiger partial charge on any atom is -0.508 e. The van der Waals surface area contributed by atoms with Gasteiger partial charge in [0, 0.05) is 99.6 Å². The van der Waals surface area contributed by atoms with Gasteiger partial charge in [-0.2, -0.15) is 0 Å². The van der Waals surface area contributed by atoms with Gasteiger partial charge in [-0.05, 0) is 85.3 Å². The molecule has 2 aromatic heterocycles. The van der Waals surface area contributed by atoms with Crippen LogP contribution in [0.5, 0.6) is 5.75 Å². The van der Waals surface area contributed by atoms with E-state index in [0.29, 0.717) is 46.5 Å². The van der Waals surface area contributed by atoms with Crippen LogP contribution in [0.2, 0.25) is 5.02 Å². The van der Waals surface area contributed by atoms with Gasteiger partial charge in [0.1, 0.15) is 48.0 Å². The first-order valence-corrected chi connectivity index (χ1v) is 32.5. The lowest BCUT2D eigenvalue weighted by Gasteiger charge is -2.35. The Morgan fingerprint density at radius 2 is 1.07 bits per heavy atom. The Hall–Kier alpha value is -10.3. The van der Waals surface area contributed by atoms with Gasteiger partial charge < -0.3 is 82.1 Å². The fourth-order valence-electron chi connectivity index (χ4n) is 11.1. The second kappa shape index (κ2) is 36.1. The number of hydrogen-bond donors (Lipinski definition) is 11. The van der Waals surface area contributed by atoms with Crippen LogP contribution in [0.3, 0.4) is 0 Å². The molecule has 6 rings (SSSR count). The molecule has 0 aliphatic heterocycles. The smallest absolute Gasteiger partial charge is 0.326 e. The molecule has 10 amide bonds. The number of likely N-dealkylation sites (N-methyl/N-ethyl adjacent to an activating group) is 4. The van der Waals surface area contributed by atoms with E-state index in [1.54, 1.807) is 49.6 Å². The minimum absolute atomic E-state index is 0.00579. The van der Waals surface area contributed by atoms with Gasteiger partial charge in [-0.15, -0.1) is 0 Å². The van der Waals surface area contributed by atoms with Gasteiger partial charge in [0.15, 0.2) is 0 Å². The average molecular weight is 1370 g/mol. The number of H-pyrrole nitrogens is 2. The van der Waals surface area contributed by atoms with Crippen LogP contribution in [-0.2, 0) is 83.2 Å². The molecule has 98 heavy (non-hydrogen) atoms. The number of nitrogens with zero attached hydrogens (tertiary/aromatic N) is 5. The molecule has 12 N–H and O–H groups in total. The number of carbonyl (C=O) groups excluding carboxylic acids is 10. The van der Waals surface area contributed by atoms with Crippen molar-refractivity contribution in [1.29, 1.82) is 0 Å². The zero-order valence-corrected chi connectivity index (χ0v) is 56.9. The zero-order chi connectivity index (χ0) is 72.1. The number of amides is 10. The number of nitrogens with one attached hydrogen (secondary N) is 7. The number of nitrogens with two attached hydrogens (primary N) is 1. The van der Waals surface area contributed by atoms with E-state index < -0.39 is 145 Å². The quantitative estimate of drug-likeness (QED) is 0.0269. The average Bonchev–Trinajstić information content (AvgIpc) is 1.50. The molecule has 0 unspecified atom stereocenters. The predicted molar refractivity (Wildman–Crippen MR) is 365 cm³/mol. The summed E-state index contributed by atoms with van der Waals surface area (Å²) in [6, 6.07) is 16.3. The lowest BCUT2D eigenvalue weighted by Crippen LogP contribution is -2.60. The maximum Gasteiger partial charge on any atom is 0.326 e. The van der Waals surface area contributed by atoms with Crippen LogP contribution in [0.1, 0.15) is 82.1 Å². The van der Waals surface area contributed by atoms with E-state index in [0.717, 1.165) is 46.3 Å². The van der Waals surface area contributed by atoms with Crippen LogP contribution >= 0.6 is 11.6 Å². The standard InChI is InChI=1S/C69H88ClN13O15/c1-9-11-21-52(75-64(92)53(76-62(90)40(3)71)32-44-35-72-50-22-14-12-19-48(44)50)63(91)77-54(33-45-36-73-51-23-15-13-20-49(45)51)65(93)78-55(30-42-24-26-47(84)27-25-42)67(95)79(5)38-59(86)81(7)41(4)66(94)82(8)57(31-43-17-16-18-46(70)29-43)68(96)80(6)39-60(87)83(28-10-2)37-58(85)74-56(69(97)98)34-61(88)89/h12-20,22-27,29,35-36,40-41,52-57,72-73,84H,9-11,21,28,30-34,37-39,71H2,1-8H3,(H,74,85)(H,75,92)(H,76,90)(H,77,91)(H,78,93)(H,88,89)(H,97,98)/t40-,41-,52-,53-,54-,55+,56-,57-/m0/s1. The first kappa shape index (κ1) is 76.7. The summed E-state index contributed by atoms with van der Waals surface area (Å²) in [4.78, 5) is 177. The van der Waals surface area contributed by atoms with E-state index in [-0.39, 0.29) is 44.4 Å². The molecule has 4 aromatic carbocycles. The molecule has 29 heteroatoms. The number of benzene rings is 4. The number of fused-ring (bicyclic) bond motifs is 2. The van der Waals surface area contributed by atoms with Crippen LogP contribution in [-0.4, -0.2) is 224 Å². The predicted octanol–water partition coefficient (Wildman–Crippen LogP) is 2.63. The normalized spacial score (nSPS) is 13.6. The molecule has 2 heterocycles. The van der Waals surface area contributed by atoms with E-state index in [1.807, 2.05) is 49.4 Å². The summed E-state index contributed by atoms with van der Waals surface area (Å²) in [5, 5.41) is 44.0. The summed E-state index contributed by atoms with van der Waals surface area (Å²) in [6.45, 7) is 4.54. The summed E-state index contributed by atoms with van der Waals surface area (Å²) in [5.41, 5.74) is 9.79. The van der Waals surface area contributed by atoms with E-state index >= 15 is 4.79 Å². The molecule has 6 aromatic rings. The number of carboxylic acids is 2. The van der Waals surface area contributed by atoms with Gasteiger partial charge in [-0.25, -0.2) is 4.79 Å². The topological polar surface area (TPSA) is 399 Å². The number of aromatic amines is 2. The van der Waals surface area contributed by atoms with Gasteiger partial charge in [0.25, 0.3) is 0 Å². The van der Waals surface area contributed by atoms with Crippen molar-refractivity contribution in [2.45, 2.75) is 134 Å². The summed E-state index contributed by atoms with van der Waals surface area (Å²) in [5.74, 6) is -10.8. The molecule has 0 saturated carbocycles. The first-order chi connectivity index (χ1) is 46.5. The first-order valence-electron chi connectivity index (χ1n) is 32.1. The van der Waals surface area contributed by atoms with E-state index in [2.05, 4.69) is 36.6 Å². The fraction of sp³-hybridized carbons (Fsp3) is 0.420. The van der Waals surface area contributed by atoms with Crippen molar-refractivity contribution in [2.75, 3.05) is 54.4 Å². The third-order valence-corrected chi connectivity index (χ3v) is 17.0. The number of para-hydroxylation sites is 2. The number of aromatic hydroxyl groups is 1. The molecule has 0 fully saturated rings. The van der Waals surface area contributed by atoms with Crippen molar-refractivity contribution in [1.82, 2.24) is 61.1 Å². The SMILES string of the molecule is CCCC[C@H](NC(=O)[C@H](Cc1c[nH]c2ccccc12)NC(=O)[C@H](C)N)C(=O)N[C@@H](Cc1c[nH]c2ccccc12)C(=O)N[C@H](Cc1ccc(O)cc1)C(=O)N(C)CC(=O)N(C)[C@@H](C)C(=O)N(C)[C@@H](Cc1cccc(Cl)c1)C(=O)N(C)CC(=O)N(CCC)CC(=O)N[C@@H](CC(=O)O)C(=O)O. The Morgan fingerprint density at radius 1 is 0.541 bits per heavy atom. The number of carboxylic acid groups (broad SMARTS) is 2. The van der Waals surface area contributed by atoms with E-state index in [9.17, 15) is 63.0 Å². The monoisotopic (exact) mass is 1370 g/mol. The molecular weight excluding hydrogens is 1290 g/mol. The van der Waals surface area contributed by atoms with Crippen LogP contribution in [0, 0.1) is 0 Å². The van der Waals surface area contributed by atoms with E-state index in [4.69, 9.17) is 22.4 Å². The van der Waals surface area contributed by atoms with Crippen molar-refractivity contribution >= 4 is 104 Å². The molecule has 526 valence electrons. The molecular formula is C69H88ClN13O15. The number of phenolic OH excluding ortho intramolecular Hbond substituents is 1. The second-order valence-corrected chi connectivity index (χ2v) is 24.8. The number of rotatable bonds is 36. The Balaban J connectivity index is 1.22. The van der Waals surface area contributed by atoms with Gasteiger partial charge >= 0.3 is 11.9 Å².